The highest BCUT2D eigenvalue weighted by molar-refractivity contribution is 6.10. The number of fused-ring (bicyclic) bond motifs is 3. The third kappa shape index (κ3) is 9.62. The van der Waals surface area contributed by atoms with Crippen LogP contribution in [0.5, 0.6) is 0 Å². The maximum absolute atomic E-state index is 15.2. The van der Waals surface area contributed by atoms with E-state index >= 15 is 4.79 Å². The minimum Gasteiger partial charge on any atom is -0.366 e. The molecular formula is C61H74N12O5. The van der Waals surface area contributed by atoms with Gasteiger partial charge in [-0.1, -0.05) is 36.8 Å². The number of anilines is 3. The molecule has 17 nitrogen and oxygen atoms in total. The standard InChI is InChI=1S/C61H74N12O5/c1-39(2)72-38-63-51-35-50(65-56(55(51)72)64-45-12-13-45)43-10-15-49-52(32-43)73(47-33-46(34-47)68-22-4-3-5-23-68)60(78)61(49)20-26-70(27-21-61)58(76)41-8-6-40(7-9-41)37-67-28-30-71(31-29-67)59(77)42-18-24-69(25-19-42)53-16-11-44(36-62-53)48-14-17-54(74)66-57(48)75/h6-11,15-16,32,35-36,38-39,42,45-48H,3-5,12-14,17-31,33-34,37H2,1-2H3,(H,64,65)(H,66,74,75)/t46?,47?,48-/m1/s1. The van der Waals surface area contributed by atoms with Gasteiger partial charge in [0.2, 0.25) is 23.6 Å². The Morgan fingerprint density at radius 3 is 2.22 bits per heavy atom. The normalized spacial score (nSPS) is 24.2. The van der Waals surface area contributed by atoms with Crippen molar-refractivity contribution in [3.63, 3.8) is 0 Å². The summed E-state index contributed by atoms with van der Waals surface area (Å²) >= 11 is 0. The van der Waals surface area contributed by atoms with Gasteiger partial charge in [0.05, 0.1) is 28.9 Å². The lowest BCUT2D eigenvalue weighted by Crippen LogP contribution is -2.58. The van der Waals surface area contributed by atoms with E-state index < -0.39 is 5.41 Å². The molecule has 6 aliphatic heterocycles. The van der Waals surface area contributed by atoms with Crippen LogP contribution in [-0.2, 0) is 31.1 Å². The molecule has 13 rings (SSSR count). The SMILES string of the molecule is CC(C)n1cnc2cc(-c3ccc4c(c3)N(C3CC(N5CCCCC5)C3)C(=O)C43CCN(C(=O)c4ccc(CN5CCN(C(=O)C6CCN(c7ccc([C@H]8CCC(=O)NC8=O)cn7)CC6)CC5)cc4)CC3)nc(NC3CC3)c21. The van der Waals surface area contributed by atoms with Crippen LogP contribution in [0.1, 0.15) is 136 Å². The van der Waals surface area contributed by atoms with Crippen molar-refractivity contribution in [2.24, 2.45) is 5.92 Å². The van der Waals surface area contributed by atoms with E-state index in [1.807, 2.05) is 40.4 Å². The maximum atomic E-state index is 15.2. The molecular weight excluding hydrogens is 981 g/mol. The van der Waals surface area contributed by atoms with E-state index in [1.165, 1.54) is 19.3 Å². The number of nitrogens with one attached hydrogen (secondary N) is 2. The fourth-order valence-electron chi connectivity index (χ4n) is 13.9. The molecule has 408 valence electrons. The van der Waals surface area contributed by atoms with Gasteiger partial charge in [-0.2, -0.15) is 0 Å². The van der Waals surface area contributed by atoms with E-state index in [-0.39, 0.29) is 53.5 Å². The summed E-state index contributed by atoms with van der Waals surface area (Å²) in [6, 6.07) is 21.9. The van der Waals surface area contributed by atoms with E-state index in [9.17, 15) is 19.2 Å². The average Bonchev–Trinajstić information content (AvgIpc) is 4.34. The molecule has 0 bridgehead atoms. The monoisotopic (exact) mass is 1050 g/mol. The van der Waals surface area contributed by atoms with Crippen molar-refractivity contribution >= 4 is 57.9 Å². The molecule has 0 radical (unpaired) electrons. The van der Waals surface area contributed by atoms with E-state index in [4.69, 9.17) is 9.97 Å². The fraction of sp³-hybridized carbons (Fsp3) is 0.541. The summed E-state index contributed by atoms with van der Waals surface area (Å²) in [7, 11) is 0. The third-order valence-electron chi connectivity index (χ3n) is 18.9. The van der Waals surface area contributed by atoms with Crippen LogP contribution in [0.2, 0.25) is 0 Å². The summed E-state index contributed by atoms with van der Waals surface area (Å²) in [5.41, 5.74) is 7.84. The molecule has 78 heavy (non-hydrogen) atoms. The lowest BCUT2D eigenvalue weighted by atomic mass is 9.73. The molecule has 9 heterocycles. The number of hydrogen-bond donors (Lipinski definition) is 2. The highest BCUT2D eigenvalue weighted by atomic mass is 16.2. The molecule has 2 saturated carbocycles. The van der Waals surface area contributed by atoms with Gasteiger partial charge in [0.1, 0.15) is 11.3 Å². The molecule has 1 atom stereocenters. The Morgan fingerprint density at radius 1 is 0.769 bits per heavy atom. The number of amides is 5. The van der Waals surface area contributed by atoms with Gasteiger partial charge in [-0.15, -0.1) is 0 Å². The lowest BCUT2D eigenvalue weighted by Gasteiger charge is -2.48. The highest BCUT2D eigenvalue weighted by Crippen LogP contribution is 2.52. The molecule has 0 unspecified atom stereocenters. The highest BCUT2D eigenvalue weighted by Gasteiger charge is 2.56. The third-order valence-corrected chi connectivity index (χ3v) is 18.9. The van der Waals surface area contributed by atoms with E-state index in [2.05, 4.69) is 90.0 Å². The Morgan fingerprint density at radius 2 is 1.53 bits per heavy atom. The number of piperazine rings is 1. The summed E-state index contributed by atoms with van der Waals surface area (Å²) in [6.45, 7) is 12.9. The van der Waals surface area contributed by atoms with Crippen molar-refractivity contribution in [2.75, 3.05) is 80.6 Å². The number of piperidine rings is 4. The second kappa shape index (κ2) is 20.8. The molecule has 3 aromatic heterocycles. The zero-order valence-corrected chi connectivity index (χ0v) is 45.4. The number of benzene rings is 2. The molecule has 2 aliphatic carbocycles. The predicted molar refractivity (Wildman–Crippen MR) is 299 cm³/mol. The minimum atomic E-state index is -0.683. The van der Waals surface area contributed by atoms with Gasteiger partial charge in [-0.25, -0.2) is 15.0 Å². The first-order chi connectivity index (χ1) is 38.0. The van der Waals surface area contributed by atoms with Crippen molar-refractivity contribution < 1.29 is 24.0 Å². The lowest BCUT2D eigenvalue weighted by molar-refractivity contribution is -0.138. The zero-order valence-electron chi connectivity index (χ0n) is 45.4. The predicted octanol–water partition coefficient (Wildman–Crippen LogP) is 7.27. The van der Waals surface area contributed by atoms with Crippen molar-refractivity contribution in [1.29, 1.82) is 0 Å². The number of hydrogen-bond acceptors (Lipinski definition) is 12. The summed E-state index contributed by atoms with van der Waals surface area (Å²) in [5.74, 6) is 1.31. The molecule has 2 N–H and O–H groups in total. The number of pyridine rings is 2. The number of carbonyl (C=O) groups is 5. The van der Waals surface area contributed by atoms with Gasteiger partial charge in [-0.05, 0) is 145 Å². The van der Waals surface area contributed by atoms with Crippen LogP contribution in [0.15, 0.2) is 73.2 Å². The second-order valence-corrected chi connectivity index (χ2v) is 24.1. The molecule has 2 aromatic carbocycles. The summed E-state index contributed by atoms with van der Waals surface area (Å²) in [5, 5.41) is 6.14. The van der Waals surface area contributed by atoms with Crippen LogP contribution >= 0.6 is 0 Å². The Labute approximate surface area is 457 Å². The van der Waals surface area contributed by atoms with Crippen LogP contribution in [0.3, 0.4) is 0 Å². The minimum absolute atomic E-state index is 0.00605. The van der Waals surface area contributed by atoms with Gasteiger partial charge in [0.25, 0.3) is 5.91 Å². The number of aromatic nitrogens is 4. The summed E-state index contributed by atoms with van der Waals surface area (Å²) < 4.78 is 2.20. The second-order valence-electron chi connectivity index (χ2n) is 24.1. The number of likely N-dealkylation sites (tertiary alicyclic amines) is 2. The first-order valence-electron chi connectivity index (χ1n) is 29.3. The average molecular weight is 1060 g/mol. The topological polar surface area (TPSA) is 172 Å². The van der Waals surface area contributed by atoms with Crippen LogP contribution < -0.4 is 20.4 Å². The summed E-state index contributed by atoms with van der Waals surface area (Å²) in [6.07, 6.45) is 15.3. The molecule has 5 aromatic rings. The Hall–Kier alpha value is -6.72. The quantitative estimate of drug-likeness (QED) is 0.120. The Bertz CT molecular complexity index is 3100. The van der Waals surface area contributed by atoms with Crippen molar-refractivity contribution in [3.8, 4) is 11.3 Å². The molecule has 1 spiro atoms. The molecule has 7 fully saturated rings. The number of nitrogens with zero attached hydrogens (tertiary/aromatic N) is 10. The van der Waals surface area contributed by atoms with Gasteiger partial charge >= 0.3 is 0 Å². The van der Waals surface area contributed by atoms with Crippen molar-refractivity contribution in [1.82, 2.24) is 44.4 Å². The zero-order chi connectivity index (χ0) is 53.2. The van der Waals surface area contributed by atoms with E-state index in [0.29, 0.717) is 69.5 Å². The molecule has 5 saturated heterocycles. The smallest absolute Gasteiger partial charge is 0.253 e. The van der Waals surface area contributed by atoms with Gasteiger partial charge in [0, 0.05) is 118 Å². The van der Waals surface area contributed by atoms with E-state index in [1.54, 1.807) is 6.20 Å². The van der Waals surface area contributed by atoms with Crippen LogP contribution in [0, 0.1) is 5.92 Å². The van der Waals surface area contributed by atoms with E-state index in [0.717, 1.165) is 141 Å². The Kier molecular flexibility index (Phi) is 13.6. The number of imide groups is 1. The first-order valence-corrected chi connectivity index (χ1v) is 29.3. The fourth-order valence-corrected chi connectivity index (χ4v) is 13.9. The van der Waals surface area contributed by atoms with Crippen LogP contribution in [-0.4, -0.2) is 152 Å². The molecule has 8 aliphatic rings. The van der Waals surface area contributed by atoms with Crippen molar-refractivity contribution in [2.45, 2.75) is 139 Å². The number of rotatable bonds is 12. The maximum Gasteiger partial charge on any atom is 0.253 e. The van der Waals surface area contributed by atoms with Gasteiger partial charge in [-0.3, -0.25) is 34.2 Å². The number of carbonyl (C=O) groups excluding carboxylic acids is 5. The van der Waals surface area contributed by atoms with Crippen LogP contribution in [0.25, 0.3) is 22.3 Å². The number of imidazole rings is 1. The summed E-state index contributed by atoms with van der Waals surface area (Å²) in [4.78, 5) is 95.3. The Balaban J connectivity index is 0.627. The van der Waals surface area contributed by atoms with Gasteiger partial charge < -0.3 is 34.4 Å². The van der Waals surface area contributed by atoms with Crippen LogP contribution in [0.4, 0.5) is 17.3 Å². The van der Waals surface area contributed by atoms with Crippen molar-refractivity contribution in [3.05, 3.63) is 95.4 Å². The molecule has 17 heteroatoms. The molecule has 5 amide bonds. The largest absolute Gasteiger partial charge is 0.366 e. The first kappa shape index (κ1) is 50.8. The van der Waals surface area contributed by atoms with Gasteiger partial charge in [0.15, 0.2) is 5.82 Å².